The molecule has 0 saturated carbocycles. The molecule has 20 heavy (non-hydrogen) atoms. The van der Waals surface area contributed by atoms with Crippen LogP contribution in [0.4, 0.5) is 0 Å². The van der Waals surface area contributed by atoms with Gasteiger partial charge in [0.25, 0.3) is 0 Å². The summed E-state index contributed by atoms with van der Waals surface area (Å²) in [5.74, 6) is 0. The van der Waals surface area contributed by atoms with Crippen molar-refractivity contribution >= 4 is 9.84 Å². The van der Waals surface area contributed by atoms with Crippen LogP contribution in [-0.2, 0) is 14.6 Å². The predicted molar refractivity (Wildman–Crippen MR) is 80.5 cm³/mol. The van der Waals surface area contributed by atoms with Crippen molar-refractivity contribution in [3.05, 3.63) is 0 Å². The van der Waals surface area contributed by atoms with Gasteiger partial charge in [0.2, 0.25) is 0 Å². The lowest BCUT2D eigenvalue weighted by Gasteiger charge is -2.44. The van der Waals surface area contributed by atoms with Gasteiger partial charge >= 0.3 is 0 Å². The van der Waals surface area contributed by atoms with Gasteiger partial charge in [0, 0.05) is 26.0 Å². The average molecular weight is 304 g/mol. The molecular formula is C14H28N2O3S. The first-order valence-electron chi connectivity index (χ1n) is 7.50. The molecule has 2 fully saturated rings. The van der Waals surface area contributed by atoms with Crippen LogP contribution in [-0.4, -0.2) is 63.7 Å². The minimum Gasteiger partial charge on any atom is -0.381 e. The zero-order valence-electron chi connectivity index (χ0n) is 12.7. The van der Waals surface area contributed by atoms with Gasteiger partial charge in [0.15, 0.2) is 9.84 Å². The van der Waals surface area contributed by atoms with E-state index in [1.165, 1.54) is 6.26 Å². The van der Waals surface area contributed by atoms with E-state index in [2.05, 4.69) is 11.8 Å². The molecule has 0 aromatic heterocycles. The van der Waals surface area contributed by atoms with Gasteiger partial charge in [-0.1, -0.05) is 6.92 Å². The molecule has 2 rings (SSSR count). The molecule has 0 aliphatic carbocycles. The molecular weight excluding hydrogens is 276 g/mol. The summed E-state index contributed by atoms with van der Waals surface area (Å²) < 4.78 is 29.3. The molecule has 2 saturated heterocycles. The average Bonchev–Trinajstić information content (AvgIpc) is 2.42. The highest BCUT2D eigenvalue weighted by Crippen LogP contribution is 2.34. The fraction of sp³-hybridized carbons (Fsp3) is 1.00. The van der Waals surface area contributed by atoms with E-state index in [0.717, 1.165) is 25.9 Å². The normalized spacial score (nSPS) is 27.4. The Bertz CT molecular complexity index is 422. The molecule has 0 aromatic carbocycles. The number of nitrogens with two attached hydrogens (primary N) is 1. The van der Waals surface area contributed by atoms with E-state index >= 15 is 0 Å². The van der Waals surface area contributed by atoms with Crippen LogP contribution in [0.5, 0.6) is 0 Å². The van der Waals surface area contributed by atoms with Crippen molar-refractivity contribution < 1.29 is 13.2 Å². The van der Waals surface area contributed by atoms with Gasteiger partial charge in [-0.05, 0) is 50.7 Å². The summed E-state index contributed by atoms with van der Waals surface area (Å²) in [6.45, 7) is 6.60. The third-order valence-corrected chi connectivity index (χ3v) is 7.37. The minimum absolute atomic E-state index is 0.227. The molecule has 0 amide bonds. The second kappa shape index (κ2) is 5.91. The van der Waals surface area contributed by atoms with Gasteiger partial charge < -0.3 is 15.4 Å². The smallest absolute Gasteiger partial charge is 0.154 e. The molecule has 0 spiro atoms. The fourth-order valence-corrected chi connectivity index (χ4v) is 4.58. The van der Waals surface area contributed by atoms with Crippen molar-refractivity contribution in [3.8, 4) is 0 Å². The van der Waals surface area contributed by atoms with Gasteiger partial charge in [-0.25, -0.2) is 8.42 Å². The fourth-order valence-electron chi connectivity index (χ4n) is 3.25. The number of sulfone groups is 1. The summed E-state index contributed by atoms with van der Waals surface area (Å²) >= 11 is 0. The summed E-state index contributed by atoms with van der Waals surface area (Å²) in [5, 5.41) is 0. The van der Waals surface area contributed by atoms with Crippen LogP contribution in [0, 0.1) is 5.41 Å². The zero-order chi connectivity index (χ0) is 14.9. The van der Waals surface area contributed by atoms with Crippen LogP contribution in [0.15, 0.2) is 0 Å². The van der Waals surface area contributed by atoms with Crippen LogP contribution >= 0.6 is 0 Å². The number of likely N-dealkylation sites (tertiary alicyclic amines) is 1. The van der Waals surface area contributed by atoms with Gasteiger partial charge in [0.1, 0.15) is 0 Å². The Morgan fingerprint density at radius 2 is 1.70 bits per heavy atom. The Balaban J connectivity index is 2.03. The summed E-state index contributed by atoms with van der Waals surface area (Å²) in [7, 11) is -3.07. The standard InChI is InChI=1S/C14H28N2O3S/c1-13(11-15)3-7-16(8-4-13)12-14(20(2,17)18)5-9-19-10-6-14/h3-12,15H2,1-2H3. The highest BCUT2D eigenvalue weighted by Gasteiger charge is 2.44. The molecule has 6 heteroatoms. The predicted octanol–water partition coefficient (Wildman–Crippen LogP) is 0.641. The first kappa shape index (κ1) is 16.2. The molecule has 2 heterocycles. The maximum absolute atomic E-state index is 12.3. The lowest BCUT2D eigenvalue weighted by atomic mass is 9.80. The molecule has 5 nitrogen and oxygen atoms in total. The molecule has 0 atom stereocenters. The Morgan fingerprint density at radius 3 is 2.15 bits per heavy atom. The lowest BCUT2D eigenvalue weighted by Crippen LogP contribution is -2.54. The molecule has 2 N–H and O–H groups in total. The summed E-state index contributed by atoms with van der Waals surface area (Å²) in [5.41, 5.74) is 6.06. The highest BCUT2D eigenvalue weighted by atomic mass is 32.2. The Labute approximate surface area is 122 Å². The molecule has 2 aliphatic rings. The van der Waals surface area contributed by atoms with E-state index < -0.39 is 14.6 Å². The van der Waals surface area contributed by atoms with Gasteiger partial charge in [-0.15, -0.1) is 0 Å². The first-order chi connectivity index (χ1) is 9.30. The molecule has 0 radical (unpaired) electrons. The Kier molecular flexibility index (Phi) is 4.79. The van der Waals surface area contributed by atoms with Gasteiger partial charge in [0.05, 0.1) is 4.75 Å². The summed E-state index contributed by atoms with van der Waals surface area (Å²) in [4.78, 5) is 2.31. The molecule has 118 valence electrons. The van der Waals surface area contributed by atoms with E-state index in [1.54, 1.807) is 0 Å². The van der Waals surface area contributed by atoms with Crippen molar-refractivity contribution in [2.75, 3.05) is 45.6 Å². The van der Waals surface area contributed by atoms with E-state index in [0.29, 0.717) is 39.1 Å². The van der Waals surface area contributed by atoms with Crippen molar-refractivity contribution in [3.63, 3.8) is 0 Å². The van der Waals surface area contributed by atoms with Crippen LogP contribution < -0.4 is 5.73 Å². The van der Waals surface area contributed by atoms with Crippen molar-refractivity contribution in [1.29, 1.82) is 0 Å². The number of rotatable bonds is 4. The summed E-state index contributed by atoms with van der Waals surface area (Å²) in [6, 6.07) is 0. The number of ether oxygens (including phenoxy) is 1. The van der Waals surface area contributed by atoms with Crippen molar-refractivity contribution in [2.24, 2.45) is 11.1 Å². The highest BCUT2D eigenvalue weighted by molar-refractivity contribution is 7.92. The molecule has 0 unspecified atom stereocenters. The first-order valence-corrected chi connectivity index (χ1v) is 9.39. The monoisotopic (exact) mass is 304 g/mol. The molecule has 0 bridgehead atoms. The van der Waals surface area contributed by atoms with E-state index in [-0.39, 0.29) is 5.41 Å². The van der Waals surface area contributed by atoms with Gasteiger partial charge in [-0.3, -0.25) is 0 Å². The third-order valence-electron chi connectivity index (χ3n) is 5.26. The maximum Gasteiger partial charge on any atom is 0.154 e. The number of piperidine rings is 1. The third kappa shape index (κ3) is 3.35. The van der Waals surface area contributed by atoms with E-state index in [4.69, 9.17) is 10.5 Å². The zero-order valence-corrected chi connectivity index (χ0v) is 13.5. The van der Waals surface area contributed by atoms with Crippen LogP contribution in [0.25, 0.3) is 0 Å². The Morgan fingerprint density at radius 1 is 1.15 bits per heavy atom. The maximum atomic E-state index is 12.3. The number of nitrogens with zero attached hydrogens (tertiary/aromatic N) is 1. The van der Waals surface area contributed by atoms with Crippen molar-refractivity contribution in [2.45, 2.75) is 37.4 Å². The minimum atomic E-state index is -3.07. The van der Waals surface area contributed by atoms with Crippen LogP contribution in [0.3, 0.4) is 0 Å². The van der Waals surface area contributed by atoms with E-state index in [1.807, 2.05) is 0 Å². The Hall–Kier alpha value is -0.170. The molecule has 0 aromatic rings. The van der Waals surface area contributed by atoms with Crippen LogP contribution in [0.1, 0.15) is 32.6 Å². The van der Waals surface area contributed by atoms with Crippen molar-refractivity contribution in [1.82, 2.24) is 4.90 Å². The lowest BCUT2D eigenvalue weighted by molar-refractivity contribution is 0.0497. The summed E-state index contributed by atoms with van der Waals surface area (Å²) in [6.07, 6.45) is 4.74. The second-order valence-electron chi connectivity index (χ2n) is 6.86. The quantitative estimate of drug-likeness (QED) is 0.825. The van der Waals surface area contributed by atoms with Gasteiger partial charge in [-0.2, -0.15) is 0 Å². The molecule has 2 aliphatic heterocycles. The SMILES string of the molecule is CC1(CN)CCN(CC2(S(C)(=O)=O)CCOCC2)CC1. The van der Waals surface area contributed by atoms with E-state index in [9.17, 15) is 8.42 Å². The number of hydrogen-bond donors (Lipinski definition) is 1. The largest absolute Gasteiger partial charge is 0.381 e. The second-order valence-corrected chi connectivity index (χ2v) is 9.27. The number of hydrogen-bond acceptors (Lipinski definition) is 5. The van der Waals surface area contributed by atoms with Crippen LogP contribution in [0.2, 0.25) is 0 Å². The topological polar surface area (TPSA) is 72.6 Å².